The highest BCUT2D eigenvalue weighted by molar-refractivity contribution is 7.80. The Hall–Kier alpha value is -1.46. The Balaban J connectivity index is 2.17. The fraction of sp³-hybridized carbons (Fsp3) is 0.429. The summed E-state index contributed by atoms with van der Waals surface area (Å²) < 4.78 is 5.45. The molecule has 1 aliphatic rings. The summed E-state index contributed by atoms with van der Waals surface area (Å²) in [6.45, 7) is 3.54. The van der Waals surface area contributed by atoms with Crippen LogP contribution >= 0.6 is 12.2 Å². The number of rotatable bonds is 3. The van der Waals surface area contributed by atoms with Crippen LogP contribution in [0.15, 0.2) is 24.3 Å². The van der Waals surface area contributed by atoms with E-state index >= 15 is 0 Å². The third kappa shape index (κ3) is 3.11. The molecule has 2 N–H and O–H groups in total. The molecule has 0 spiro atoms. The fourth-order valence-electron chi connectivity index (χ4n) is 2.21. The molecular formula is C14H18N2O2S. The van der Waals surface area contributed by atoms with Crippen LogP contribution in [0, 0.1) is 0 Å². The summed E-state index contributed by atoms with van der Waals surface area (Å²) in [5.41, 5.74) is 7.41. The van der Waals surface area contributed by atoms with E-state index in [0.29, 0.717) is 24.7 Å². The highest BCUT2D eigenvalue weighted by Crippen LogP contribution is 2.15. The summed E-state index contributed by atoms with van der Waals surface area (Å²) in [6.07, 6.45) is 0.506. The molecule has 19 heavy (non-hydrogen) atoms. The molecule has 1 unspecified atom stereocenters. The Bertz CT molecular complexity index is 490. The molecule has 2 rings (SSSR count). The van der Waals surface area contributed by atoms with Gasteiger partial charge in [-0.1, -0.05) is 37.3 Å². The molecule has 0 bridgehead atoms. The van der Waals surface area contributed by atoms with Crippen molar-refractivity contribution >= 4 is 23.1 Å². The molecule has 1 amide bonds. The zero-order chi connectivity index (χ0) is 13.8. The standard InChI is InChI=1S/C14H18N2O2S/c1-2-10-5-3-4-6-11(10)14(17)16-7-8-18-12(9-16)13(15)19/h3-6,12H,2,7-9H2,1H3,(H2,15,19). The van der Waals surface area contributed by atoms with Crippen LogP contribution < -0.4 is 5.73 Å². The maximum absolute atomic E-state index is 12.5. The van der Waals surface area contributed by atoms with Crippen molar-refractivity contribution in [1.29, 1.82) is 0 Å². The van der Waals surface area contributed by atoms with Gasteiger partial charge in [0.2, 0.25) is 0 Å². The van der Waals surface area contributed by atoms with E-state index in [0.717, 1.165) is 17.5 Å². The number of nitrogens with two attached hydrogens (primary N) is 1. The van der Waals surface area contributed by atoms with Gasteiger partial charge in [0, 0.05) is 12.1 Å². The van der Waals surface area contributed by atoms with Gasteiger partial charge in [0.25, 0.3) is 5.91 Å². The minimum Gasteiger partial charge on any atom is -0.391 e. The first-order chi connectivity index (χ1) is 9.13. The molecule has 0 aromatic heterocycles. The van der Waals surface area contributed by atoms with Gasteiger partial charge >= 0.3 is 0 Å². The van der Waals surface area contributed by atoms with E-state index in [9.17, 15) is 4.79 Å². The van der Waals surface area contributed by atoms with Crippen molar-refractivity contribution in [3.63, 3.8) is 0 Å². The maximum atomic E-state index is 12.5. The molecule has 1 aromatic carbocycles. The Labute approximate surface area is 118 Å². The molecule has 4 nitrogen and oxygen atoms in total. The van der Waals surface area contributed by atoms with Gasteiger partial charge in [-0.3, -0.25) is 4.79 Å². The highest BCUT2D eigenvalue weighted by atomic mass is 32.1. The third-order valence-electron chi connectivity index (χ3n) is 3.30. The van der Waals surface area contributed by atoms with Crippen LogP contribution in [0.25, 0.3) is 0 Å². The van der Waals surface area contributed by atoms with Gasteiger partial charge in [-0.05, 0) is 18.1 Å². The van der Waals surface area contributed by atoms with Crippen LogP contribution in [0.2, 0.25) is 0 Å². The van der Waals surface area contributed by atoms with Crippen LogP contribution in [-0.2, 0) is 11.2 Å². The lowest BCUT2D eigenvalue weighted by Crippen LogP contribution is -2.50. The summed E-state index contributed by atoms with van der Waals surface area (Å²) in [5, 5.41) is 0. The number of carbonyl (C=O) groups excluding carboxylic acids is 1. The Morgan fingerprint density at radius 1 is 1.53 bits per heavy atom. The van der Waals surface area contributed by atoms with Gasteiger partial charge in [0.15, 0.2) is 0 Å². The quantitative estimate of drug-likeness (QED) is 0.849. The summed E-state index contributed by atoms with van der Waals surface area (Å²) in [4.78, 5) is 14.6. The lowest BCUT2D eigenvalue weighted by atomic mass is 10.0. The number of benzene rings is 1. The van der Waals surface area contributed by atoms with Crippen molar-refractivity contribution in [2.75, 3.05) is 19.7 Å². The Morgan fingerprint density at radius 3 is 2.95 bits per heavy atom. The minimum absolute atomic E-state index is 0.0296. The van der Waals surface area contributed by atoms with E-state index in [-0.39, 0.29) is 12.0 Å². The summed E-state index contributed by atoms with van der Waals surface area (Å²) in [5.74, 6) is 0.0296. The number of morpholine rings is 1. The third-order valence-corrected chi connectivity index (χ3v) is 3.56. The average molecular weight is 278 g/mol. The van der Waals surface area contributed by atoms with Crippen molar-refractivity contribution in [1.82, 2.24) is 4.90 Å². The van der Waals surface area contributed by atoms with Crippen molar-refractivity contribution in [3.05, 3.63) is 35.4 Å². The van der Waals surface area contributed by atoms with Crippen LogP contribution in [0.4, 0.5) is 0 Å². The molecule has 1 aliphatic heterocycles. The fourth-order valence-corrected chi connectivity index (χ4v) is 2.36. The molecule has 0 saturated carbocycles. The van der Waals surface area contributed by atoms with E-state index < -0.39 is 0 Å². The second-order valence-electron chi connectivity index (χ2n) is 4.52. The van der Waals surface area contributed by atoms with Gasteiger partial charge in [0.05, 0.1) is 13.2 Å². The molecule has 1 heterocycles. The first-order valence-electron chi connectivity index (χ1n) is 6.41. The zero-order valence-electron chi connectivity index (χ0n) is 11.0. The van der Waals surface area contributed by atoms with Crippen LogP contribution in [0.1, 0.15) is 22.8 Å². The second-order valence-corrected chi connectivity index (χ2v) is 5.00. The van der Waals surface area contributed by atoms with Crippen molar-refractivity contribution in [3.8, 4) is 0 Å². The topological polar surface area (TPSA) is 55.6 Å². The smallest absolute Gasteiger partial charge is 0.254 e. The molecule has 1 saturated heterocycles. The lowest BCUT2D eigenvalue weighted by molar-refractivity contribution is 0.00873. The predicted octanol–water partition coefficient (Wildman–Crippen LogP) is 1.38. The lowest BCUT2D eigenvalue weighted by Gasteiger charge is -2.32. The van der Waals surface area contributed by atoms with Gasteiger partial charge in [-0.2, -0.15) is 0 Å². The number of aryl methyl sites for hydroxylation is 1. The van der Waals surface area contributed by atoms with Crippen molar-refractivity contribution in [2.24, 2.45) is 5.73 Å². The van der Waals surface area contributed by atoms with Gasteiger partial charge in [-0.25, -0.2) is 0 Å². The molecule has 1 aromatic rings. The minimum atomic E-state index is -0.332. The van der Waals surface area contributed by atoms with E-state index in [1.54, 1.807) is 4.90 Å². The van der Waals surface area contributed by atoms with Gasteiger partial charge in [0.1, 0.15) is 11.1 Å². The van der Waals surface area contributed by atoms with E-state index in [2.05, 4.69) is 0 Å². The summed E-state index contributed by atoms with van der Waals surface area (Å²) in [7, 11) is 0. The van der Waals surface area contributed by atoms with Crippen LogP contribution in [0.3, 0.4) is 0 Å². The number of nitrogens with zero attached hydrogens (tertiary/aromatic N) is 1. The molecule has 0 radical (unpaired) electrons. The zero-order valence-corrected chi connectivity index (χ0v) is 11.8. The van der Waals surface area contributed by atoms with E-state index in [1.807, 2.05) is 31.2 Å². The SMILES string of the molecule is CCc1ccccc1C(=O)N1CCOC(C(N)=S)C1. The predicted molar refractivity (Wildman–Crippen MR) is 78.2 cm³/mol. The molecule has 0 aliphatic carbocycles. The normalized spacial score (nSPS) is 19.2. The number of carbonyl (C=O) groups is 1. The van der Waals surface area contributed by atoms with E-state index in [1.165, 1.54) is 0 Å². The van der Waals surface area contributed by atoms with Crippen molar-refractivity contribution < 1.29 is 9.53 Å². The number of hydrogen-bond acceptors (Lipinski definition) is 3. The summed E-state index contributed by atoms with van der Waals surface area (Å²) in [6, 6.07) is 7.69. The average Bonchev–Trinajstić information content (AvgIpc) is 2.46. The first-order valence-corrected chi connectivity index (χ1v) is 6.82. The largest absolute Gasteiger partial charge is 0.391 e. The maximum Gasteiger partial charge on any atom is 0.254 e. The van der Waals surface area contributed by atoms with Gasteiger partial charge < -0.3 is 15.4 Å². The molecule has 5 heteroatoms. The molecular weight excluding hydrogens is 260 g/mol. The van der Waals surface area contributed by atoms with Crippen LogP contribution in [0.5, 0.6) is 0 Å². The molecule has 1 atom stereocenters. The molecule has 102 valence electrons. The van der Waals surface area contributed by atoms with E-state index in [4.69, 9.17) is 22.7 Å². The number of hydrogen-bond donors (Lipinski definition) is 1. The van der Waals surface area contributed by atoms with Gasteiger partial charge in [-0.15, -0.1) is 0 Å². The van der Waals surface area contributed by atoms with Crippen LogP contribution in [-0.4, -0.2) is 41.6 Å². The highest BCUT2D eigenvalue weighted by Gasteiger charge is 2.27. The number of amides is 1. The Kier molecular flexibility index (Phi) is 4.50. The molecule has 1 fully saturated rings. The number of ether oxygens (including phenoxy) is 1. The Morgan fingerprint density at radius 2 is 2.26 bits per heavy atom. The summed E-state index contributed by atoms with van der Waals surface area (Å²) >= 11 is 4.94. The first kappa shape index (κ1) is 14.0. The monoisotopic (exact) mass is 278 g/mol. The number of thiocarbonyl (C=S) groups is 1. The second kappa shape index (κ2) is 6.12. The van der Waals surface area contributed by atoms with Crippen molar-refractivity contribution in [2.45, 2.75) is 19.4 Å².